The van der Waals surface area contributed by atoms with E-state index in [1.807, 2.05) is 0 Å². The van der Waals surface area contributed by atoms with Crippen LogP contribution in [0, 0.1) is 50.2 Å². The Bertz CT molecular complexity index is 1570. The summed E-state index contributed by atoms with van der Waals surface area (Å²) in [7, 11) is 0. The lowest BCUT2D eigenvalue weighted by Crippen LogP contribution is -2.72. The Morgan fingerprint density at radius 3 is 1.93 bits per heavy atom. The van der Waals surface area contributed by atoms with Crippen molar-refractivity contribution in [1.29, 1.82) is 0 Å². The molecule has 0 bridgehead atoms. The lowest BCUT2D eigenvalue weighted by Gasteiger charge is -2.72. The van der Waals surface area contributed by atoms with E-state index in [2.05, 4.69) is 40.7 Å². The number of fused-ring (bicyclic) bond motifs is 7. The fourth-order valence-electron chi connectivity index (χ4n) is 14.0. The molecule has 0 unspecified atom stereocenters. The highest BCUT2D eigenvalue weighted by molar-refractivity contribution is 5.76. The van der Waals surface area contributed by atoms with Crippen LogP contribution in [0.3, 0.4) is 0 Å². The normalized spacial score (nSPS) is 55.3. The molecule has 7 rings (SSSR count). The van der Waals surface area contributed by atoms with Crippen molar-refractivity contribution in [1.82, 2.24) is 0 Å². The standard InChI is InChI=1S/C42H68O16/c1-37(2)9-11-42(36(53)54)12-10-40(5)19(20(42)13-37)7-8-25-38(3)14-22(47)33(39(4,18-45)32(38)21(46)15-41(25,40)6)58-35-30(52)31(27(49)24(17-44)56-35)57-34-29(51)28(50)26(48)23(16-43)55-34/h7,20-35,43-52H,8-18H2,1-6H3,(H,53,54)/t20-,21+,22-,23+,24+,25+,26+,27+,28-,29+,30+,31-,32+,33-,34-,35-,38+,39-,40+,41+,42-/m0/s1. The van der Waals surface area contributed by atoms with Crippen LogP contribution in [-0.2, 0) is 23.7 Å². The van der Waals surface area contributed by atoms with Crippen LogP contribution in [0.4, 0.5) is 0 Å². The zero-order chi connectivity index (χ0) is 42.7. The number of carboxylic acid groups (broad SMARTS) is 1. The molecule has 2 saturated heterocycles. The number of carboxylic acids is 1. The van der Waals surface area contributed by atoms with Crippen LogP contribution in [0.25, 0.3) is 0 Å². The molecule has 2 heterocycles. The van der Waals surface area contributed by atoms with Gasteiger partial charge in [0, 0.05) is 11.3 Å². The van der Waals surface area contributed by atoms with Gasteiger partial charge < -0.3 is 75.1 Å². The summed E-state index contributed by atoms with van der Waals surface area (Å²) in [6, 6.07) is 0. The van der Waals surface area contributed by atoms with E-state index >= 15 is 0 Å². The van der Waals surface area contributed by atoms with Gasteiger partial charge in [0.05, 0.1) is 43.5 Å². The van der Waals surface area contributed by atoms with E-state index in [0.29, 0.717) is 32.1 Å². The van der Waals surface area contributed by atoms with Gasteiger partial charge in [-0.3, -0.25) is 4.79 Å². The minimum absolute atomic E-state index is 0.0218. The third kappa shape index (κ3) is 6.41. The van der Waals surface area contributed by atoms with Crippen molar-refractivity contribution in [2.75, 3.05) is 19.8 Å². The third-order valence-corrected chi connectivity index (χ3v) is 17.3. The molecule has 0 radical (unpaired) electrons. The molecule has 7 aliphatic rings. The highest BCUT2D eigenvalue weighted by atomic mass is 16.7. The van der Waals surface area contributed by atoms with Gasteiger partial charge in [-0.25, -0.2) is 0 Å². The molecule has 0 amide bonds. The Balaban J connectivity index is 1.18. The molecule has 11 N–H and O–H groups in total. The quantitative estimate of drug-likeness (QED) is 0.112. The molecule has 4 saturated carbocycles. The van der Waals surface area contributed by atoms with Gasteiger partial charge in [-0.1, -0.05) is 53.2 Å². The third-order valence-electron chi connectivity index (χ3n) is 17.3. The van der Waals surface area contributed by atoms with Gasteiger partial charge in [-0.15, -0.1) is 0 Å². The number of aliphatic carboxylic acids is 1. The molecule has 332 valence electrons. The van der Waals surface area contributed by atoms with Crippen LogP contribution in [0.15, 0.2) is 11.6 Å². The molecule has 2 aliphatic heterocycles. The smallest absolute Gasteiger partial charge is 0.310 e. The summed E-state index contributed by atoms with van der Waals surface area (Å²) >= 11 is 0. The summed E-state index contributed by atoms with van der Waals surface area (Å²) in [6.07, 6.45) is -13.5. The number of aliphatic hydroxyl groups excluding tert-OH is 10. The van der Waals surface area contributed by atoms with Crippen molar-refractivity contribution in [2.24, 2.45) is 50.2 Å². The largest absolute Gasteiger partial charge is 0.481 e. The Morgan fingerprint density at radius 1 is 0.724 bits per heavy atom. The van der Waals surface area contributed by atoms with E-state index in [1.54, 1.807) is 6.92 Å². The second kappa shape index (κ2) is 15.2. The van der Waals surface area contributed by atoms with E-state index in [0.717, 1.165) is 12.8 Å². The first-order chi connectivity index (χ1) is 27.0. The van der Waals surface area contributed by atoms with Crippen LogP contribution < -0.4 is 0 Å². The Kier molecular flexibility index (Phi) is 11.7. The van der Waals surface area contributed by atoms with Crippen molar-refractivity contribution < 1.29 is 79.9 Å². The molecule has 21 atom stereocenters. The average Bonchev–Trinajstić information content (AvgIpc) is 3.15. The summed E-state index contributed by atoms with van der Waals surface area (Å²) in [5.41, 5.74) is -2.71. The molecule has 16 heteroatoms. The summed E-state index contributed by atoms with van der Waals surface area (Å²) < 4.78 is 23.4. The monoisotopic (exact) mass is 828 g/mol. The highest BCUT2D eigenvalue weighted by Gasteiger charge is 2.73. The summed E-state index contributed by atoms with van der Waals surface area (Å²) in [4.78, 5) is 13.1. The molecule has 0 aromatic carbocycles. The van der Waals surface area contributed by atoms with E-state index in [4.69, 9.17) is 18.9 Å². The Morgan fingerprint density at radius 2 is 1.33 bits per heavy atom. The van der Waals surface area contributed by atoms with Crippen LogP contribution in [0.2, 0.25) is 0 Å². The number of hydrogen-bond acceptors (Lipinski definition) is 15. The van der Waals surface area contributed by atoms with Crippen LogP contribution in [-0.4, -0.2) is 162 Å². The predicted molar refractivity (Wildman–Crippen MR) is 202 cm³/mol. The number of aliphatic hydroxyl groups is 10. The van der Waals surface area contributed by atoms with E-state index in [9.17, 15) is 61.0 Å². The number of carbonyl (C=O) groups is 1. The first kappa shape index (κ1) is 44.7. The summed E-state index contributed by atoms with van der Waals surface area (Å²) in [5, 5.41) is 120. The molecule has 5 aliphatic carbocycles. The molecule has 0 aromatic rings. The second-order valence-corrected chi connectivity index (χ2v) is 20.8. The first-order valence-corrected chi connectivity index (χ1v) is 21.1. The van der Waals surface area contributed by atoms with Crippen molar-refractivity contribution in [2.45, 2.75) is 173 Å². The van der Waals surface area contributed by atoms with Gasteiger partial charge in [-0.2, -0.15) is 0 Å². The van der Waals surface area contributed by atoms with Crippen molar-refractivity contribution in [3.05, 3.63) is 11.6 Å². The minimum Gasteiger partial charge on any atom is -0.481 e. The average molecular weight is 829 g/mol. The van der Waals surface area contributed by atoms with Gasteiger partial charge in [0.25, 0.3) is 0 Å². The summed E-state index contributed by atoms with van der Waals surface area (Å²) in [6.45, 7) is 10.6. The summed E-state index contributed by atoms with van der Waals surface area (Å²) in [5.74, 6) is -1.59. The lowest BCUT2D eigenvalue weighted by molar-refractivity contribution is -0.377. The number of rotatable bonds is 8. The Hall–Kier alpha value is -1.35. The van der Waals surface area contributed by atoms with Crippen molar-refractivity contribution in [3.63, 3.8) is 0 Å². The minimum atomic E-state index is -1.86. The maximum absolute atomic E-state index is 13.1. The van der Waals surface area contributed by atoms with Crippen molar-refractivity contribution >= 4 is 5.97 Å². The van der Waals surface area contributed by atoms with Gasteiger partial charge in [0.2, 0.25) is 0 Å². The molecule has 0 aromatic heterocycles. The molecule has 16 nitrogen and oxygen atoms in total. The maximum Gasteiger partial charge on any atom is 0.310 e. The van der Waals surface area contributed by atoms with Crippen LogP contribution in [0.1, 0.15) is 92.9 Å². The topological polar surface area (TPSA) is 277 Å². The van der Waals surface area contributed by atoms with Gasteiger partial charge in [0.15, 0.2) is 12.6 Å². The molecule has 0 spiro atoms. The molecule has 58 heavy (non-hydrogen) atoms. The van der Waals surface area contributed by atoms with Gasteiger partial charge in [0.1, 0.15) is 48.8 Å². The van der Waals surface area contributed by atoms with Crippen LogP contribution >= 0.6 is 0 Å². The second-order valence-electron chi connectivity index (χ2n) is 20.8. The van der Waals surface area contributed by atoms with E-state index in [1.165, 1.54) is 5.57 Å². The predicted octanol–water partition coefficient (Wildman–Crippen LogP) is -0.204. The first-order valence-electron chi connectivity index (χ1n) is 21.1. The number of hydrogen-bond donors (Lipinski definition) is 11. The molecular formula is C42H68O16. The number of ether oxygens (including phenoxy) is 4. The van der Waals surface area contributed by atoms with Gasteiger partial charge >= 0.3 is 5.97 Å². The fourth-order valence-corrected chi connectivity index (χ4v) is 14.0. The number of allylic oxidation sites excluding steroid dienone is 2. The highest BCUT2D eigenvalue weighted by Crippen LogP contribution is 2.76. The van der Waals surface area contributed by atoms with E-state index in [-0.39, 0.29) is 23.7 Å². The molecular weight excluding hydrogens is 760 g/mol. The van der Waals surface area contributed by atoms with Crippen LogP contribution in [0.5, 0.6) is 0 Å². The lowest BCUT2D eigenvalue weighted by atomic mass is 9.33. The zero-order valence-corrected chi connectivity index (χ0v) is 34.6. The maximum atomic E-state index is 13.1. The Labute approximate surface area is 339 Å². The van der Waals surface area contributed by atoms with Crippen molar-refractivity contribution in [3.8, 4) is 0 Å². The van der Waals surface area contributed by atoms with E-state index < -0.39 is 139 Å². The molecule has 6 fully saturated rings. The zero-order valence-electron chi connectivity index (χ0n) is 34.6. The van der Waals surface area contributed by atoms with Gasteiger partial charge in [-0.05, 0) is 84.9 Å². The fraction of sp³-hybridized carbons (Fsp3) is 0.929. The SMILES string of the molecule is CC1(C)CC[C@]2(C(=O)O)CC[C@]3(C)C(=CC[C@@H]4[C@@]5(C)C[C@H](O)[C@H](O[C@@H]6O[C@H](CO)[C@@H](O)[C@H](O[C@@H]7O[C@H](CO)[C@@H](O)[C@H](O)[C@H]7O)[C@H]6O)[C@@](C)(CO)[C@@H]5[C@H](O)C[C@]43C)[C@@H]2C1.